The minimum atomic E-state index is -0.344. The number of aryl methyl sites for hydroxylation is 1. The van der Waals surface area contributed by atoms with E-state index in [0.717, 1.165) is 17.9 Å². The van der Waals surface area contributed by atoms with Gasteiger partial charge >= 0.3 is 0 Å². The van der Waals surface area contributed by atoms with Crippen molar-refractivity contribution >= 4 is 21.6 Å². The molecule has 16 heavy (non-hydrogen) atoms. The Bertz CT molecular complexity index is 415. The van der Waals surface area contributed by atoms with E-state index < -0.39 is 0 Å². The largest absolute Gasteiger partial charge is 0.269 e. The summed E-state index contributed by atoms with van der Waals surface area (Å²) in [4.78, 5) is 10.8. The second-order valence-corrected chi connectivity index (χ2v) is 5.60. The van der Waals surface area contributed by atoms with Crippen LogP contribution < -0.4 is 0 Å². The summed E-state index contributed by atoms with van der Waals surface area (Å²) in [5.74, 6) is 0.801. The van der Waals surface area contributed by atoms with Crippen LogP contribution in [0.3, 0.4) is 0 Å². The Balaban J connectivity index is 2.12. The zero-order valence-electron chi connectivity index (χ0n) is 9.15. The van der Waals surface area contributed by atoms with Crippen molar-refractivity contribution in [3.8, 4) is 0 Å². The highest BCUT2D eigenvalue weighted by atomic mass is 79.9. The molecular weight excluding hydrogens is 270 g/mol. The first-order valence-corrected chi connectivity index (χ1v) is 6.37. The van der Waals surface area contributed by atoms with Gasteiger partial charge in [-0.1, -0.05) is 22.0 Å². The monoisotopic (exact) mass is 283 g/mol. The quantitative estimate of drug-likeness (QED) is 0.481. The van der Waals surface area contributed by atoms with Gasteiger partial charge in [0.2, 0.25) is 0 Å². The third kappa shape index (κ3) is 2.61. The highest BCUT2D eigenvalue weighted by Crippen LogP contribution is 2.38. The average Bonchev–Trinajstić information content (AvgIpc) is 3.03. The Morgan fingerprint density at radius 1 is 1.56 bits per heavy atom. The molecule has 0 aromatic heterocycles. The summed E-state index contributed by atoms with van der Waals surface area (Å²) in [5, 5.41) is 10.6. The van der Waals surface area contributed by atoms with Crippen LogP contribution in [0.15, 0.2) is 18.2 Å². The molecule has 1 atom stereocenters. The van der Waals surface area contributed by atoms with Crippen LogP contribution in [0.4, 0.5) is 5.69 Å². The second-order valence-electron chi connectivity index (χ2n) is 4.43. The van der Waals surface area contributed by atoms with Crippen molar-refractivity contribution in [2.24, 2.45) is 5.92 Å². The Morgan fingerprint density at radius 2 is 2.25 bits per heavy atom. The topological polar surface area (TPSA) is 43.1 Å². The fourth-order valence-electron chi connectivity index (χ4n) is 1.86. The van der Waals surface area contributed by atoms with E-state index in [0.29, 0.717) is 4.83 Å². The molecule has 1 aromatic carbocycles. The van der Waals surface area contributed by atoms with E-state index in [9.17, 15) is 10.1 Å². The first-order chi connectivity index (χ1) is 7.58. The summed E-state index contributed by atoms with van der Waals surface area (Å²) >= 11 is 3.69. The number of nitrogens with zero attached hydrogens (tertiary/aromatic N) is 1. The molecule has 0 radical (unpaired) electrons. The molecule has 0 amide bonds. The van der Waals surface area contributed by atoms with Gasteiger partial charge in [-0.2, -0.15) is 0 Å². The van der Waals surface area contributed by atoms with Crippen molar-refractivity contribution in [1.82, 2.24) is 0 Å². The Labute approximate surface area is 103 Å². The molecule has 0 N–H and O–H groups in total. The smallest absolute Gasteiger partial charge is 0.258 e. The zero-order chi connectivity index (χ0) is 11.7. The van der Waals surface area contributed by atoms with Gasteiger partial charge in [0.1, 0.15) is 0 Å². The number of alkyl halides is 1. The van der Waals surface area contributed by atoms with Gasteiger partial charge < -0.3 is 0 Å². The lowest BCUT2D eigenvalue weighted by Crippen LogP contribution is -2.06. The maximum Gasteiger partial charge on any atom is 0.269 e. The van der Waals surface area contributed by atoms with Crippen molar-refractivity contribution in [3.05, 3.63) is 39.4 Å². The minimum Gasteiger partial charge on any atom is -0.258 e. The molecule has 0 aliphatic heterocycles. The maximum absolute atomic E-state index is 10.6. The van der Waals surface area contributed by atoms with Crippen LogP contribution in [0.5, 0.6) is 0 Å². The van der Waals surface area contributed by atoms with Crippen molar-refractivity contribution in [2.75, 3.05) is 0 Å². The SMILES string of the molecule is Cc1cc([N+](=O)[O-])ccc1CC(Br)C1CC1. The van der Waals surface area contributed by atoms with Gasteiger partial charge in [0.05, 0.1) is 4.92 Å². The van der Waals surface area contributed by atoms with Gasteiger partial charge in [-0.25, -0.2) is 0 Å². The number of non-ortho nitro benzene ring substituents is 1. The molecule has 0 spiro atoms. The molecule has 0 heterocycles. The molecule has 1 unspecified atom stereocenters. The molecule has 86 valence electrons. The molecule has 3 nitrogen and oxygen atoms in total. The highest BCUT2D eigenvalue weighted by Gasteiger charge is 2.29. The Hall–Kier alpha value is -0.900. The molecule has 0 saturated heterocycles. The van der Waals surface area contributed by atoms with E-state index in [-0.39, 0.29) is 10.6 Å². The van der Waals surface area contributed by atoms with Gasteiger partial charge in [0.15, 0.2) is 0 Å². The van der Waals surface area contributed by atoms with Crippen LogP contribution >= 0.6 is 15.9 Å². The summed E-state index contributed by atoms with van der Waals surface area (Å²) in [6, 6.07) is 5.13. The van der Waals surface area contributed by atoms with Crippen LogP contribution in [0, 0.1) is 23.0 Å². The lowest BCUT2D eigenvalue weighted by molar-refractivity contribution is -0.384. The molecule has 1 aromatic rings. The highest BCUT2D eigenvalue weighted by molar-refractivity contribution is 9.09. The minimum absolute atomic E-state index is 0.179. The molecule has 2 rings (SSSR count). The predicted octanol–water partition coefficient (Wildman–Crippen LogP) is 3.62. The van der Waals surface area contributed by atoms with Crippen LogP contribution in [0.2, 0.25) is 0 Å². The first-order valence-electron chi connectivity index (χ1n) is 5.46. The van der Waals surface area contributed by atoms with Crippen molar-refractivity contribution in [1.29, 1.82) is 0 Å². The van der Waals surface area contributed by atoms with Crippen LogP contribution in [-0.2, 0) is 6.42 Å². The predicted molar refractivity (Wildman–Crippen MR) is 67.0 cm³/mol. The Morgan fingerprint density at radius 3 is 2.75 bits per heavy atom. The fraction of sp³-hybridized carbons (Fsp3) is 0.500. The van der Waals surface area contributed by atoms with Crippen LogP contribution in [-0.4, -0.2) is 9.75 Å². The lowest BCUT2D eigenvalue weighted by Gasteiger charge is -2.10. The maximum atomic E-state index is 10.6. The lowest BCUT2D eigenvalue weighted by atomic mass is 10.0. The number of nitro groups is 1. The fourth-order valence-corrected chi connectivity index (χ4v) is 2.73. The standard InChI is InChI=1S/C12H14BrNO2/c1-8-6-11(14(15)16)5-4-10(8)7-12(13)9-2-3-9/h4-6,9,12H,2-3,7H2,1H3. The summed E-state index contributed by atoms with van der Waals surface area (Å²) in [5.41, 5.74) is 2.40. The summed E-state index contributed by atoms with van der Waals surface area (Å²) in [6.45, 7) is 1.94. The van der Waals surface area contributed by atoms with Crippen molar-refractivity contribution in [2.45, 2.75) is 31.0 Å². The van der Waals surface area contributed by atoms with E-state index >= 15 is 0 Å². The third-order valence-electron chi connectivity index (χ3n) is 3.09. The molecular formula is C12H14BrNO2. The molecule has 0 bridgehead atoms. The molecule has 1 saturated carbocycles. The van der Waals surface area contributed by atoms with Crippen LogP contribution in [0.25, 0.3) is 0 Å². The van der Waals surface area contributed by atoms with E-state index in [1.54, 1.807) is 12.1 Å². The van der Waals surface area contributed by atoms with E-state index in [4.69, 9.17) is 0 Å². The van der Waals surface area contributed by atoms with Gasteiger partial charge in [-0.15, -0.1) is 0 Å². The van der Waals surface area contributed by atoms with E-state index in [1.807, 2.05) is 13.0 Å². The number of rotatable bonds is 4. The van der Waals surface area contributed by atoms with Gasteiger partial charge in [0.25, 0.3) is 5.69 Å². The molecule has 1 aliphatic rings. The van der Waals surface area contributed by atoms with Crippen LogP contribution in [0.1, 0.15) is 24.0 Å². The first kappa shape index (κ1) is 11.6. The second kappa shape index (κ2) is 4.53. The van der Waals surface area contributed by atoms with Crippen molar-refractivity contribution in [3.63, 3.8) is 0 Å². The van der Waals surface area contributed by atoms with Gasteiger partial charge in [-0.05, 0) is 43.2 Å². The van der Waals surface area contributed by atoms with Crippen molar-refractivity contribution < 1.29 is 4.92 Å². The van der Waals surface area contributed by atoms with Gasteiger partial charge in [0, 0.05) is 17.0 Å². The van der Waals surface area contributed by atoms with E-state index in [1.165, 1.54) is 18.4 Å². The summed E-state index contributed by atoms with van der Waals surface area (Å²) < 4.78 is 0. The van der Waals surface area contributed by atoms with Gasteiger partial charge in [-0.3, -0.25) is 10.1 Å². The normalized spacial score (nSPS) is 17.1. The number of halogens is 1. The Kier molecular flexibility index (Phi) is 3.28. The average molecular weight is 284 g/mol. The molecule has 1 fully saturated rings. The number of hydrogen-bond acceptors (Lipinski definition) is 2. The summed E-state index contributed by atoms with van der Waals surface area (Å²) in [7, 11) is 0. The summed E-state index contributed by atoms with van der Waals surface area (Å²) in [6.07, 6.45) is 3.58. The molecule has 4 heteroatoms. The number of hydrogen-bond donors (Lipinski definition) is 0. The number of nitro benzene ring substituents is 1. The zero-order valence-corrected chi connectivity index (χ0v) is 10.7. The molecule has 1 aliphatic carbocycles. The van der Waals surface area contributed by atoms with E-state index in [2.05, 4.69) is 15.9 Å². The number of benzene rings is 1. The third-order valence-corrected chi connectivity index (χ3v) is 4.16.